The van der Waals surface area contributed by atoms with Gasteiger partial charge in [-0.3, -0.25) is 5.32 Å². The van der Waals surface area contributed by atoms with Crippen LogP contribution in [-0.4, -0.2) is 46.0 Å². The number of thiophene rings is 1. The van der Waals surface area contributed by atoms with E-state index >= 15 is 0 Å². The monoisotopic (exact) mass is 512 g/mol. The molecule has 3 heterocycles. The van der Waals surface area contributed by atoms with Crippen LogP contribution in [0.5, 0.6) is 0 Å². The molecule has 4 rings (SSSR count). The van der Waals surface area contributed by atoms with Gasteiger partial charge in [-0.15, -0.1) is 22.9 Å². The lowest BCUT2D eigenvalue weighted by Crippen LogP contribution is -2.68. The highest BCUT2D eigenvalue weighted by molar-refractivity contribution is 7.16. The molecule has 170 valence electrons. The van der Waals surface area contributed by atoms with Crippen molar-refractivity contribution in [1.29, 1.82) is 0 Å². The summed E-state index contributed by atoms with van der Waals surface area (Å²) in [5.74, 6) is 0.251. The van der Waals surface area contributed by atoms with E-state index in [1.807, 2.05) is 30.6 Å². The number of esters is 1. The van der Waals surface area contributed by atoms with Crippen LogP contribution in [0.4, 0.5) is 5.95 Å². The summed E-state index contributed by atoms with van der Waals surface area (Å²) < 4.78 is 5.44. The van der Waals surface area contributed by atoms with Gasteiger partial charge in [-0.25, -0.2) is 14.8 Å². The van der Waals surface area contributed by atoms with Gasteiger partial charge in [0.2, 0.25) is 5.95 Å². The minimum Gasteiger partial charge on any atom is -0.465 e. The summed E-state index contributed by atoms with van der Waals surface area (Å²) in [4.78, 5) is 25.3. The van der Waals surface area contributed by atoms with Crippen LogP contribution >= 0.6 is 46.1 Å². The summed E-state index contributed by atoms with van der Waals surface area (Å²) in [5.41, 5.74) is -0.166. The Hall–Kier alpha value is -1.64. The van der Waals surface area contributed by atoms with Gasteiger partial charge in [0.05, 0.1) is 22.0 Å². The van der Waals surface area contributed by atoms with Gasteiger partial charge in [0.25, 0.3) is 0 Å². The number of nitrogens with zero attached hydrogens (tertiary/aromatic N) is 3. The van der Waals surface area contributed by atoms with Crippen LogP contribution in [0.15, 0.2) is 35.8 Å². The van der Waals surface area contributed by atoms with E-state index in [9.17, 15) is 4.79 Å². The average Bonchev–Trinajstić information content (AvgIpc) is 3.25. The van der Waals surface area contributed by atoms with Gasteiger partial charge >= 0.3 is 5.97 Å². The predicted molar refractivity (Wildman–Crippen MR) is 131 cm³/mol. The molecule has 0 radical (unpaired) electrons. The first-order valence-corrected chi connectivity index (χ1v) is 12.4. The molecular formula is C22H23Cl3N4O2S. The molecule has 1 aliphatic heterocycles. The fraction of sp³-hybridized carbons (Fsp3) is 0.409. The molecule has 32 heavy (non-hydrogen) atoms. The first-order chi connectivity index (χ1) is 15.4. The number of anilines is 1. The topological polar surface area (TPSA) is 67.3 Å². The molecule has 3 unspecified atom stereocenters. The number of ether oxygens (including phenoxy) is 1. The Morgan fingerprint density at radius 1 is 1.34 bits per heavy atom. The van der Waals surface area contributed by atoms with Crippen LogP contribution in [0, 0.1) is 0 Å². The summed E-state index contributed by atoms with van der Waals surface area (Å²) in [7, 11) is 0. The van der Waals surface area contributed by atoms with Gasteiger partial charge in [0.15, 0.2) is 0 Å². The highest BCUT2D eigenvalue weighted by Gasteiger charge is 2.53. The maximum Gasteiger partial charge on any atom is 0.328 e. The maximum atomic E-state index is 13.1. The van der Waals surface area contributed by atoms with E-state index in [2.05, 4.69) is 15.2 Å². The molecule has 0 aliphatic carbocycles. The van der Waals surface area contributed by atoms with Crippen LogP contribution in [0.3, 0.4) is 0 Å². The molecule has 1 N–H and O–H groups in total. The zero-order valence-electron chi connectivity index (χ0n) is 17.6. The van der Waals surface area contributed by atoms with E-state index in [4.69, 9.17) is 44.5 Å². The second kappa shape index (κ2) is 9.69. The molecule has 0 spiro atoms. The van der Waals surface area contributed by atoms with Crippen LogP contribution in [-0.2, 0) is 16.1 Å². The van der Waals surface area contributed by atoms with E-state index in [-0.39, 0.29) is 18.6 Å². The molecule has 2 aromatic heterocycles. The van der Waals surface area contributed by atoms with E-state index in [1.54, 1.807) is 30.4 Å². The van der Waals surface area contributed by atoms with Crippen molar-refractivity contribution in [2.24, 2.45) is 0 Å². The highest BCUT2D eigenvalue weighted by Crippen LogP contribution is 2.36. The normalized spacial score (nSPS) is 23.5. The Kier molecular flexibility index (Phi) is 7.12. The van der Waals surface area contributed by atoms with Crippen LogP contribution in [0.2, 0.25) is 10.0 Å². The summed E-state index contributed by atoms with van der Waals surface area (Å²) >= 11 is 20.7. The molecule has 3 aromatic rings. The van der Waals surface area contributed by atoms with E-state index in [0.29, 0.717) is 35.5 Å². The number of aromatic nitrogens is 2. The number of hydrogen-bond acceptors (Lipinski definition) is 7. The zero-order valence-corrected chi connectivity index (χ0v) is 20.7. The third-order valence-electron chi connectivity index (χ3n) is 5.82. The lowest BCUT2D eigenvalue weighted by atomic mass is 9.82. The first-order valence-electron chi connectivity index (χ1n) is 10.3. The third kappa shape index (κ3) is 4.41. The van der Waals surface area contributed by atoms with Crippen molar-refractivity contribution in [2.45, 2.75) is 43.8 Å². The number of carbonyl (C=O) groups excluding carboxylic acids is 1. The lowest BCUT2D eigenvalue weighted by Gasteiger charge is -2.47. The molecule has 0 saturated carbocycles. The van der Waals surface area contributed by atoms with Crippen LogP contribution < -0.4 is 10.2 Å². The van der Waals surface area contributed by atoms with Crippen molar-refractivity contribution in [3.05, 3.63) is 51.5 Å². The fourth-order valence-electron chi connectivity index (χ4n) is 4.02. The number of hydrogen-bond donors (Lipinski definition) is 1. The van der Waals surface area contributed by atoms with Gasteiger partial charge in [-0.05, 0) is 49.4 Å². The predicted octanol–water partition coefficient (Wildman–Crippen LogP) is 5.30. The SMILES string of the molecule is CCOC(=O)C1(NCc2ccc(Cl)c(Cl)c2)CCN(c2ncc3ccsc3n2)C(C)C1Cl. The molecule has 1 saturated heterocycles. The number of alkyl halides is 1. The Morgan fingerprint density at radius 3 is 2.91 bits per heavy atom. The number of rotatable bonds is 6. The van der Waals surface area contributed by atoms with E-state index in [0.717, 1.165) is 15.8 Å². The van der Waals surface area contributed by atoms with Gasteiger partial charge in [0.1, 0.15) is 10.4 Å². The molecule has 0 amide bonds. The molecule has 0 bridgehead atoms. The number of benzene rings is 1. The van der Waals surface area contributed by atoms with Gasteiger partial charge in [-0.2, -0.15) is 0 Å². The highest BCUT2D eigenvalue weighted by atomic mass is 35.5. The van der Waals surface area contributed by atoms with Crippen molar-refractivity contribution >= 4 is 68.3 Å². The van der Waals surface area contributed by atoms with Crippen LogP contribution in [0.25, 0.3) is 10.2 Å². The minimum absolute atomic E-state index is 0.214. The minimum atomic E-state index is -1.06. The molecule has 1 aliphatic rings. The fourth-order valence-corrected chi connectivity index (χ4v) is 5.48. The average molecular weight is 514 g/mol. The summed E-state index contributed by atoms with van der Waals surface area (Å²) in [6.07, 6.45) is 2.26. The van der Waals surface area contributed by atoms with Gasteiger partial charge in [-0.1, -0.05) is 29.3 Å². The molecule has 1 aromatic carbocycles. The zero-order chi connectivity index (χ0) is 22.9. The molecule has 1 fully saturated rings. The molecular weight excluding hydrogens is 491 g/mol. The smallest absolute Gasteiger partial charge is 0.328 e. The Balaban J connectivity index is 1.59. The summed E-state index contributed by atoms with van der Waals surface area (Å²) in [6.45, 7) is 4.98. The Morgan fingerprint density at radius 2 is 2.16 bits per heavy atom. The number of nitrogens with one attached hydrogen (secondary N) is 1. The molecule has 3 atom stereocenters. The second-order valence-electron chi connectivity index (χ2n) is 7.73. The Labute approximate surface area is 205 Å². The van der Waals surface area contributed by atoms with E-state index < -0.39 is 10.9 Å². The number of carbonyl (C=O) groups is 1. The van der Waals surface area contributed by atoms with Crippen molar-refractivity contribution in [3.63, 3.8) is 0 Å². The Bertz CT molecular complexity index is 1130. The quantitative estimate of drug-likeness (QED) is 0.356. The van der Waals surface area contributed by atoms with Crippen molar-refractivity contribution < 1.29 is 9.53 Å². The van der Waals surface area contributed by atoms with Gasteiger partial charge in [0, 0.05) is 30.7 Å². The summed E-state index contributed by atoms with van der Waals surface area (Å²) in [5, 5.41) is 6.75. The first kappa shape index (κ1) is 23.5. The molecule has 10 heteroatoms. The van der Waals surface area contributed by atoms with Crippen LogP contribution in [0.1, 0.15) is 25.8 Å². The maximum absolute atomic E-state index is 13.1. The number of piperidine rings is 1. The molecule has 6 nitrogen and oxygen atoms in total. The van der Waals surface area contributed by atoms with Crippen molar-refractivity contribution in [1.82, 2.24) is 15.3 Å². The largest absolute Gasteiger partial charge is 0.465 e. The number of halogens is 3. The van der Waals surface area contributed by atoms with Gasteiger partial charge < -0.3 is 9.64 Å². The second-order valence-corrected chi connectivity index (χ2v) is 9.91. The summed E-state index contributed by atoms with van der Waals surface area (Å²) in [6, 6.07) is 7.16. The standard InChI is InChI=1S/C22H23Cl3N4O2S/c1-3-31-20(30)22(27-11-14-4-5-16(23)17(24)10-14)7-8-29(13(2)18(22)25)21-26-12-15-6-9-32-19(15)28-21/h4-6,9-10,12-13,18,27H,3,7-8,11H2,1-2H3. The lowest BCUT2D eigenvalue weighted by molar-refractivity contribution is -0.152. The van der Waals surface area contributed by atoms with Crippen molar-refractivity contribution in [3.8, 4) is 0 Å². The number of fused-ring (bicyclic) bond motifs is 1. The van der Waals surface area contributed by atoms with Crippen molar-refractivity contribution in [2.75, 3.05) is 18.1 Å². The third-order valence-corrected chi connectivity index (χ3v) is 8.12. The van der Waals surface area contributed by atoms with E-state index in [1.165, 1.54) is 0 Å².